The number of nitrogens with one attached hydrogen (secondary N) is 2. The van der Waals surface area contributed by atoms with Crippen LogP contribution in [0.25, 0.3) is 0 Å². The summed E-state index contributed by atoms with van der Waals surface area (Å²) >= 11 is 0. The molecule has 1 aromatic rings. The molecule has 1 aromatic carbocycles. The van der Waals surface area contributed by atoms with Crippen molar-refractivity contribution in [2.75, 3.05) is 5.32 Å². The molecule has 0 bridgehead atoms. The summed E-state index contributed by atoms with van der Waals surface area (Å²) in [6, 6.07) is 4.93. The second-order valence-electron chi connectivity index (χ2n) is 4.41. The first kappa shape index (κ1) is 15.7. The smallest absolute Gasteiger partial charge is 0.326 e. The molecule has 1 unspecified atom stereocenters. The van der Waals surface area contributed by atoms with E-state index in [1.807, 2.05) is 6.92 Å². The van der Waals surface area contributed by atoms with E-state index in [4.69, 9.17) is 5.11 Å². The van der Waals surface area contributed by atoms with E-state index in [0.717, 1.165) is 0 Å². The molecule has 0 fully saturated rings. The van der Waals surface area contributed by atoms with Gasteiger partial charge in [0.05, 0.1) is 0 Å². The predicted octanol–water partition coefficient (Wildman–Crippen LogP) is 2.26. The molecule has 20 heavy (non-hydrogen) atoms. The van der Waals surface area contributed by atoms with Crippen molar-refractivity contribution in [3.63, 3.8) is 0 Å². The lowest BCUT2D eigenvalue weighted by atomic mass is 10.1. The number of carbonyl (C=O) groups is 3. The van der Waals surface area contributed by atoms with Crippen molar-refractivity contribution in [3.8, 4) is 0 Å². The van der Waals surface area contributed by atoms with Crippen molar-refractivity contribution in [1.82, 2.24) is 5.32 Å². The van der Waals surface area contributed by atoms with Crippen molar-refractivity contribution >= 4 is 23.5 Å². The van der Waals surface area contributed by atoms with Crippen LogP contribution in [0.5, 0.6) is 0 Å². The molecule has 0 aliphatic heterocycles. The summed E-state index contributed by atoms with van der Waals surface area (Å²) in [7, 11) is 0. The monoisotopic (exact) mass is 278 g/mol. The Morgan fingerprint density at radius 1 is 1.30 bits per heavy atom. The van der Waals surface area contributed by atoms with Gasteiger partial charge in [0.15, 0.2) is 5.78 Å². The number of hydrogen-bond acceptors (Lipinski definition) is 3. The van der Waals surface area contributed by atoms with Gasteiger partial charge < -0.3 is 15.7 Å². The third kappa shape index (κ3) is 4.72. The van der Waals surface area contributed by atoms with E-state index in [9.17, 15) is 14.4 Å². The minimum Gasteiger partial charge on any atom is -0.480 e. The van der Waals surface area contributed by atoms with Gasteiger partial charge >= 0.3 is 12.0 Å². The fraction of sp³-hybridized carbons (Fsp3) is 0.357. The van der Waals surface area contributed by atoms with Gasteiger partial charge in [-0.1, -0.05) is 25.5 Å². The average molecular weight is 278 g/mol. The van der Waals surface area contributed by atoms with E-state index in [2.05, 4.69) is 10.6 Å². The number of benzene rings is 1. The highest BCUT2D eigenvalue weighted by molar-refractivity contribution is 5.97. The Balaban J connectivity index is 2.68. The maximum absolute atomic E-state index is 11.7. The number of hydrogen-bond donors (Lipinski definition) is 3. The summed E-state index contributed by atoms with van der Waals surface area (Å²) in [5.74, 6) is -1.18. The molecule has 3 N–H and O–H groups in total. The van der Waals surface area contributed by atoms with Crippen LogP contribution in [0.3, 0.4) is 0 Å². The van der Waals surface area contributed by atoms with Gasteiger partial charge in [0.2, 0.25) is 0 Å². The van der Waals surface area contributed by atoms with E-state index in [0.29, 0.717) is 24.1 Å². The van der Waals surface area contributed by atoms with Gasteiger partial charge in [-0.3, -0.25) is 4.79 Å². The van der Waals surface area contributed by atoms with Crippen LogP contribution in [-0.4, -0.2) is 28.9 Å². The van der Waals surface area contributed by atoms with Gasteiger partial charge in [-0.15, -0.1) is 0 Å². The topological polar surface area (TPSA) is 95.5 Å². The molecule has 0 aromatic heterocycles. The van der Waals surface area contributed by atoms with Crippen LogP contribution in [0.4, 0.5) is 10.5 Å². The lowest BCUT2D eigenvalue weighted by molar-refractivity contribution is -0.139. The second kappa shape index (κ2) is 7.28. The molecule has 6 heteroatoms. The predicted molar refractivity (Wildman–Crippen MR) is 74.9 cm³/mol. The van der Waals surface area contributed by atoms with E-state index in [1.54, 1.807) is 18.2 Å². The lowest BCUT2D eigenvalue weighted by Crippen LogP contribution is -2.42. The minimum absolute atomic E-state index is 0.108. The summed E-state index contributed by atoms with van der Waals surface area (Å²) < 4.78 is 0. The fourth-order valence-electron chi connectivity index (χ4n) is 1.69. The maximum atomic E-state index is 11.7. The summed E-state index contributed by atoms with van der Waals surface area (Å²) in [5, 5.41) is 13.8. The molecule has 1 atom stereocenters. The molecule has 6 nitrogen and oxygen atoms in total. The molecule has 0 aliphatic rings. The van der Waals surface area contributed by atoms with Crippen molar-refractivity contribution in [3.05, 3.63) is 29.8 Å². The second-order valence-corrected chi connectivity index (χ2v) is 4.41. The Kier molecular flexibility index (Phi) is 5.71. The molecule has 0 radical (unpaired) electrons. The highest BCUT2D eigenvalue weighted by atomic mass is 16.4. The number of urea groups is 1. The Morgan fingerprint density at radius 3 is 2.55 bits per heavy atom. The highest BCUT2D eigenvalue weighted by Gasteiger charge is 2.18. The van der Waals surface area contributed by atoms with Gasteiger partial charge in [0.25, 0.3) is 0 Å². The van der Waals surface area contributed by atoms with E-state index < -0.39 is 18.0 Å². The molecule has 0 saturated heterocycles. The van der Waals surface area contributed by atoms with Crippen LogP contribution in [0.2, 0.25) is 0 Å². The molecular weight excluding hydrogens is 260 g/mol. The minimum atomic E-state index is -1.07. The molecule has 0 spiro atoms. The highest BCUT2D eigenvalue weighted by Crippen LogP contribution is 2.11. The summed E-state index contributed by atoms with van der Waals surface area (Å²) in [6.07, 6.45) is 1.01. The Labute approximate surface area is 117 Å². The van der Waals surface area contributed by atoms with Gasteiger partial charge in [-0.05, 0) is 25.5 Å². The number of amides is 2. The molecule has 0 saturated carbocycles. The zero-order valence-electron chi connectivity index (χ0n) is 11.5. The number of rotatable bonds is 6. The van der Waals surface area contributed by atoms with Gasteiger partial charge in [0, 0.05) is 11.3 Å². The Hall–Kier alpha value is -2.37. The largest absolute Gasteiger partial charge is 0.480 e. The lowest BCUT2D eigenvalue weighted by Gasteiger charge is -2.14. The van der Waals surface area contributed by atoms with Crippen LogP contribution >= 0.6 is 0 Å². The third-order valence-electron chi connectivity index (χ3n) is 2.71. The van der Waals surface area contributed by atoms with E-state index in [1.165, 1.54) is 13.0 Å². The van der Waals surface area contributed by atoms with Crippen molar-refractivity contribution in [1.29, 1.82) is 0 Å². The molecular formula is C14H18N2O4. The number of carboxylic acids is 1. The van der Waals surface area contributed by atoms with Crippen molar-refractivity contribution in [2.24, 2.45) is 0 Å². The quantitative estimate of drug-likeness (QED) is 0.695. The van der Waals surface area contributed by atoms with Gasteiger partial charge in [-0.2, -0.15) is 0 Å². The van der Waals surface area contributed by atoms with Crippen LogP contribution < -0.4 is 10.6 Å². The molecule has 1 rings (SSSR count). The van der Waals surface area contributed by atoms with Crippen molar-refractivity contribution in [2.45, 2.75) is 32.7 Å². The van der Waals surface area contributed by atoms with Crippen molar-refractivity contribution < 1.29 is 19.5 Å². The standard InChI is InChI=1S/C14H18N2O4/c1-3-5-12(13(18)19)16-14(20)15-11-7-4-6-10(8-11)9(2)17/h4,6-8,12H,3,5H2,1-2H3,(H,18,19)(H2,15,16,20). The number of carbonyl (C=O) groups excluding carboxylic acids is 2. The van der Waals surface area contributed by atoms with Gasteiger partial charge in [0.1, 0.15) is 6.04 Å². The first-order chi connectivity index (χ1) is 9.43. The average Bonchev–Trinajstić information content (AvgIpc) is 2.38. The summed E-state index contributed by atoms with van der Waals surface area (Å²) in [5.41, 5.74) is 0.919. The van der Waals surface area contributed by atoms with Crippen LogP contribution in [0.15, 0.2) is 24.3 Å². The number of Topliss-reactive ketones (excluding diaryl/α,β-unsaturated/α-hetero) is 1. The summed E-state index contributed by atoms with van der Waals surface area (Å²) in [4.78, 5) is 33.9. The first-order valence-corrected chi connectivity index (χ1v) is 6.35. The van der Waals surface area contributed by atoms with E-state index >= 15 is 0 Å². The summed E-state index contributed by atoms with van der Waals surface area (Å²) in [6.45, 7) is 3.27. The first-order valence-electron chi connectivity index (χ1n) is 6.35. The SMILES string of the molecule is CCCC(NC(=O)Nc1cccc(C(C)=O)c1)C(=O)O. The number of aliphatic carboxylic acids is 1. The van der Waals surface area contributed by atoms with Crippen LogP contribution in [0.1, 0.15) is 37.0 Å². The number of ketones is 1. The fourth-order valence-corrected chi connectivity index (χ4v) is 1.69. The zero-order chi connectivity index (χ0) is 15.1. The Bertz CT molecular complexity index is 514. The number of carboxylic acid groups (broad SMARTS) is 1. The van der Waals surface area contributed by atoms with Gasteiger partial charge in [-0.25, -0.2) is 9.59 Å². The third-order valence-corrected chi connectivity index (χ3v) is 2.71. The molecule has 108 valence electrons. The Morgan fingerprint density at radius 2 is 2.00 bits per heavy atom. The van der Waals surface area contributed by atoms with E-state index in [-0.39, 0.29) is 5.78 Å². The molecule has 2 amide bonds. The molecule has 0 heterocycles. The van der Waals surface area contributed by atoms with Crippen LogP contribution in [-0.2, 0) is 4.79 Å². The maximum Gasteiger partial charge on any atom is 0.326 e. The molecule has 0 aliphatic carbocycles. The normalized spacial score (nSPS) is 11.5. The number of anilines is 1. The van der Waals surface area contributed by atoms with Crippen LogP contribution in [0, 0.1) is 0 Å². The zero-order valence-corrected chi connectivity index (χ0v) is 11.5.